The molecule has 0 aromatic carbocycles. The van der Waals surface area contributed by atoms with Crippen molar-refractivity contribution in [2.45, 2.75) is 13.8 Å². The van der Waals surface area contributed by atoms with Gasteiger partial charge in [-0.1, -0.05) is 62.5 Å². The first kappa shape index (κ1) is 12.7. The molecule has 0 atom stereocenters. The average Bonchev–Trinajstić information content (AvgIpc) is 2.63. The van der Waals surface area contributed by atoms with Crippen LogP contribution in [0, 0.1) is 11.8 Å². The molecule has 0 aliphatic heterocycles. The molecule has 0 saturated heterocycles. The van der Waals surface area contributed by atoms with Gasteiger partial charge in [-0.3, -0.25) is 0 Å². The lowest BCUT2D eigenvalue weighted by Crippen LogP contribution is -1.72. The van der Waals surface area contributed by atoms with E-state index in [9.17, 15) is 0 Å². The van der Waals surface area contributed by atoms with Gasteiger partial charge in [0.2, 0.25) is 0 Å². The topological polar surface area (TPSA) is 0 Å². The van der Waals surface area contributed by atoms with Crippen LogP contribution in [0.1, 0.15) is 13.8 Å². The second kappa shape index (κ2) is 7.16. The third kappa shape index (κ3) is 5.89. The van der Waals surface area contributed by atoms with Gasteiger partial charge >= 0.3 is 23.1 Å². The number of hydrogen-bond acceptors (Lipinski definition) is 0. The highest BCUT2D eigenvalue weighted by molar-refractivity contribution is 5.75. The molecule has 0 N–H and O–H groups in total. The zero-order valence-corrected chi connectivity index (χ0v) is 7.77. The fourth-order valence-corrected chi connectivity index (χ4v) is 1.09. The molecule has 0 unspecified atom stereocenters. The van der Waals surface area contributed by atoms with Gasteiger partial charge in [0.05, 0.1) is 0 Å². The molecule has 0 bridgehead atoms. The first-order valence-corrected chi connectivity index (χ1v) is 4.49. The van der Waals surface area contributed by atoms with Gasteiger partial charge in [0.25, 0.3) is 0 Å². The summed E-state index contributed by atoms with van der Waals surface area (Å²) in [5.74, 6) is 1.37. The SMILES string of the molecule is CC1C=CC=C1.CC1C=CC=C1.[MgH2]. The van der Waals surface area contributed by atoms with E-state index in [1.54, 1.807) is 0 Å². The molecule has 68 valence electrons. The van der Waals surface area contributed by atoms with E-state index in [0.717, 1.165) is 0 Å². The second-order valence-electron chi connectivity index (χ2n) is 3.26. The summed E-state index contributed by atoms with van der Waals surface area (Å²) < 4.78 is 0. The van der Waals surface area contributed by atoms with Crippen LogP contribution in [0.4, 0.5) is 0 Å². The summed E-state index contributed by atoms with van der Waals surface area (Å²) in [5.41, 5.74) is 0. The lowest BCUT2D eigenvalue weighted by atomic mass is 10.2. The van der Waals surface area contributed by atoms with Crippen LogP contribution in [0.3, 0.4) is 0 Å². The summed E-state index contributed by atoms with van der Waals surface area (Å²) in [6.45, 7) is 4.33. The van der Waals surface area contributed by atoms with Crippen molar-refractivity contribution in [1.29, 1.82) is 0 Å². The Morgan fingerprint density at radius 1 is 0.615 bits per heavy atom. The fraction of sp³-hybridized carbons (Fsp3) is 0.333. The van der Waals surface area contributed by atoms with Gasteiger partial charge in [-0.2, -0.15) is 0 Å². The van der Waals surface area contributed by atoms with E-state index in [2.05, 4.69) is 62.5 Å². The van der Waals surface area contributed by atoms with Crippen molar-refractivity contribution in [2.24, 2.45) is 11.8 Å². The third-order valence-corrected chi connectivity index (χ3v) is 1.88. The maximum Gasteiger partial charge on any atom is 0.316 e. The molecule has 0 heterocycles. The molecule has 2 rings (SSSR count). The predicted octanol–water partition coefficient (Wildman–Crippen LogP) is 2.58. The summed E-state index contributed by atoms with van der Waals surface area (Å²) in [5, 5.41) is 0. The summed E-state index contributed by atoms with van der Waals surface area (Å²) in [6, 6.07) is 0. The molecule has 13 heavy (non-hydrogen) atoms. The summed E-state index contributed by atoms with van der Waals surface area (Å²) in [6.07, 6.45) is 17.0. The van der Waals surface area contributed by atoms with Crippen LogP contribution < -0.4 is 0 Å². The minimum Gasteiger partial charge on any atom is -0.0779 e. The van der Waals surface area contributed by atoms with Crippen molar-refractivity contribution in [3.05, 3.63) is 48.6 Å². The predicted molar refractivity (Wildman–Crippen MR) is 63.4 cm³/mol. The normalized spacial score (nSPS) is 18.6. The van der Waals surface area contributed by atoms with Crippen LogP contribution in [-0.4, -0.2) is 23.1 Å². The molecule has 0 nitrogen and oxygen atoms in total. The van der Waals surface area contributed by atoms with Gasteiger partial charge < -0.3 is 0 Å². The highest BCUT2D eigenvalue weighted by Crippen LogP contribution is 2.05. The number of hydrogen-bond donors (Lipinski definition) is 0. The maximum absolute atomic E-state index is 2.17. The van der Waals surface area contributed by atoms with Crippen molar-refractivity contribution in [1.82, 2.24) is 0 Å². The zero-order chi connectivity index (χ0) is 8.81. The van der Waals surface area contributed by atoms with E-state index in [4.69, 9.17) is 0 Å². The molecule has 0 saturated carbocycles. The Balaban J connectivity index is 0.000000206. The van der Waals surface area contributed by atoms with E-state index < -0.39 is 0 Å². The molecular weight excluding hydrogens is 168 g/mol. The largest absolute Gasteiger partial charge is 0.316 e. The lowest BCUT2D eigenvalue weighted by molar-refractivity contribution is 0.958. The van der Waals surface area contributed by atoms with Crippen LogP contribution in [0.25, 0.3) is 0 Å². The van der Waals surface area contributed by atoms with Crippen LogP contribution in [0.15, 0.2) is 48.6 Å². The molecule has 0 aromatic rings. The lowest BCUT2D eigenvalue weighted by Gasteiger charge is -1.84. The maximum atomic E-state index is 2.17. The molecule has 0 spiro atoms. The quantitative estimate of drug-likeness (QED) is 0.510. The molecule has 2 aliphatic carbocycles. The highest BCUT2D eigenvalue weighted by atomic mass is 24.3. The highest BCUT2D eigenvalue weighted by Gasteiger charge is 1.90. The van der Waals surface area contributed by atoms with Crippen molar-refractivity contribution in [3.63, 3.8) is 0 Å². The van der Waals surface area contributed by atoms with Crippen LogP contribution in [0.2, 0.25) is 0 Å². The van der Waals surface area contributed by atoms with Gasteiger partial charge in [0.1, 0.15) is 0 Å². The van der Waals surface area contributed by atoms with Crippen LogP contribution in [-0.2, 0) is 0 Å². The molecule has 0 amide bonds. The Bertz CT molecular complexity index is 184. The summed E-state index contributed by atoms with van der Waals surface area (Å²) in [7, 11) is 0. The van der Waals surface area contributed by atoms with Crippen molar-refractivity contribution in [2.75, 3.05) is 0 Å². The molecule has 2 aliphatic rings. The van der Waals surface area contributed by atoms with E-state index in [0.29, 0.717) is 11.8 Å². The Morgan fingerprint density at radius 2 is 0.846 bits per heavy atom. The van der Waals surface area contributed by atoms with Crippen LogP contribution in [0.5, 0.6) is 0 Å². The van der Waals surface area contributed by atoms with Gasteiger partial charge in [0.15, 0.2) is 0 Å². The smallest absolute Gasteiger partial charge is 0.0779 e. The van der Waals surface area contributed by atoms with Crippen LogP contribution >= 0.6 is 0 Å². The fourth-order valence-electron chi connectivity index (χ4n) is 1.09. The van der Waals surface area contributed by atoms with E-state index in [1.165, 1.54) is 0 Å². The molecular formula is C12H18Mg. The van der Waals surface area contributed by atoms with Gasteiger partial charge in [-0.15, -0.1) is 0 Å². The number of allylic oxidation sites excluding steroid dienone is 8. The molecule has 0 radical (unpaired) electrons. The minimum absolute atomic E-state index is 0. The van der Waals surface area contributed by atoms with Crippen molar-refractivity contribution >= 4 is 23.1 Å². The van der Waals surface area contributed by atoms with Gasteiger partial charge in [-0.05, 0) is 11.8 Å². The Hall–Kier alpha value is -0.274. The average molecular weight is 187 g/mol. The molecule has 1 heteroatoms. The first-order valence-electron chi connectivity index (χ1n) is 4.49. The Kier molecular flexibility index (Phi) is 7.01. The summed E-state index contributed by atoms with van der Waals surface area (Å²) in [4.78, 5) is 0. The van der Waals surface area contributed by atoms with Gasteiger partial charge in [-0.25, -0.2) is 0 Å². The standard InChI is InChI=1S/2C6H8.Mg.2H/c2*1-6-4-2-3-5-6;;;/h2*2-6H,1H3;;;. The van der Waals surface area contributed by atoms with E-state index in [-0.39, 0.29) is 23.1 Å². The Morgan fingerprint density at radius 3 is 0.923 bits per heavy atom. The summed E-state index contributed by atoms with van der Waals surface area (Å²) >= 11 is 0. The Labute approximate surface area is 97.3 Å². The third-order valence-electron chi connectivity index (χ3n) is 1.88. The van der Waals surface area contributed by atoms with Crippen molar-refractivity contribution in [3.8, 4) is 0 Å². The van der Waals surface area contributed by atoms with Crippen molar-refractivity contribution < 1.29 is 0 Å². The van der Waals surface area contributed by atoms with Gasteiger partial charge in [0, 0.05) is 0 Å². The monoisotopic (exact) mass is 186 g/mol. The molecule has 0 fully saturated rings. The minimum atomic E-state index is 0. The van der Waals surface area contributed by atoms with E-state index in [1.807, 2.05) is 0 Å². The number of rotatable bonds is 0. The van der Waals surface area contributed by atoms with E-state index >= 15 is 0 Å². The zero-order valence-electron chi connectivity index (χ0n) is 7.77. The first-order chi connectivity index (χ1) is 5.79. The second-order valence-corrected chi connectivity index (χ2v) is 3.26. The molecule has 0 aromatic heterocycles.